The summed E-state index contributed by atoms with van der Waals surface area (Å²) in [5, 5.41) is 0. The second-order valence-electron chi connectivity index (χ2n) is 3.55. The van der Waals surface area contributed by atoms with Crippen molar-refractivity contribution in [2.24, 2.45) is 0 Å². The monoisotopic (exact) mass is 172 g/mol. The fourth-order valence-corrected chi connectivity index (χ4v) is 1.49. The molecule has 0 spiro atoms. The normalized spacial score (nSPS) is 28.5. The van der Waals surface area contributed by atoms with E-state index in [-0.39, 0.29) is 0 Å². The Hall–Kier alpha value is -0.0800. The van der Waals surface area contributed by atoms with E-state index >= 15 is 0 Å². The average molecular weight is 172 g/mol. The third-order valence-corrected chi connectivity index (χ3v) is 2.40. The predicted molar refractivity (Wildman–Crippen MR) is 48.8 cm³/mol. The molecule has 0 aliphatic carbocycles. The fraction of sp³-hybridized carbons (Fsp3) is 1.00. The predicted octanol–water partition coefficient (Wildman–Crippen LogP) is 3.07. The summed E-state index contributed by atoms with van der Waals surface area (Å²) in [4.78, 5) is 10.1. The van der Waals surface area contributed by atoms with E-state index in [0.717, 1.165) is 0 Å². The lowest BCUT2D eigenvalue weighted by molar-refractivity contribution is -0.466. The molecule has 0 N–H and O–H groups in total. The summed E-state index contributed by atoms with van der Waals surface area (Å²) in [6.45, 7) is 4.42. The second kappa shape index (κ2) is 5.55. The molecule has 0 aromatic carbocycles. The zero-order valence-corrected chi connectivity index (χ0v) is 8.21. The van der Waals surface area contributed by atoms with Crippen molar-refractivity contribution in [2.75, 3.05) is 0 Å². The van der Waals surface area contributed by atoms with Crippen LogP contribution in [0.15, 0.2) is 0 Å². The summed E-state index contributed by atoms with van der Waals surface area (Å²) >= 11 is 0. The summed E-state index contributed by atoms with van der Waals surface area (Å²) in [6, 6.07) is 0. The van der Waals surface area contributed by atoms with Crippen molar-refractivity contribution >= 4 is 0 Å². The molecule has 0 unspecified atom stereocenters. The molecule has 12 heavy (non-hydrogen) atoms. The molecule has 1 rings (SSSR count). The highest BCUT2D eigenvalue weighted by Crippen LogP contribution is 2.26. The van der Waals surface area contributed by atoms with Gasteiger partial charge in [0.15, 0.2) is 0 Å². The van der Waals surface area contributed by atoms with Gasteiger partial charge in [-0.1, -0.05) is 39.5 Å². The highest BCUT2D eigenvalue weighted by molar-refractivity contribution is 4.73. The maximum Gasteiger partial charge on any atom is 0.122 e. The number of rotatable bonds is 6. The summed E-state index contributed by atoms with van der Waals surface area (Å²) in [6.07, 6.45) is 8.16. The lowest BCUT2D eigenvalue weighted by atomic mass is 10.0. The Bertz CT molecular complexity index is 100. The minimum atomic E-state index is 0.400. The van der Waals surface area contributed by atoms with Gasteiger partial charge in [-0.05, 0) is 12.8 Å². The van der Waals surface area contributed by atoms with Gasteiger partial charge in [-0.2, -0.15) is 0 Å². The smallest absolute Gasteiger partial charge is 0.122 e. The Kier molecular flexibility index (Phi) is 4.62. The summed E-state index contributed by atoms with van der Waals surface area (Å²) < 4.78 is 0. The van der Waals surface area contributed by atoms with Crippen LogP contribution in [0.4, 0.5) is 0 Å². The molecule has 1 aliphatic rings. The van der Waals surface area contributed by atoms with Crippen LogP contribution in [0.5, 0.6) is 0 Å². The fourth-order valence-electron chi connectivity index (χ4n) is 1.49. The zero-order valence-electron chi connectivity index (χ0n) is 8.21. The second-order valence-corrected chi connectivity index (χ2v) is 3.55. The van der Waals surface area contributed by atoms with Crippen LogP contribution in [-0.2, 0) is 9.78 Å². The van der Waals surface area contributed by atoms with E-state index in [1.54, 1.807) is 0 Å². The molecule has 2 atom stereocenters. The minimum absolute atomic E-state index is 0.400. The molecule has 0 amide bonds. The molecule has 0 aromatic rings. The van der Waals surface area contributed by atoms with Gasteiger partial charge in [-0.15, -0.1) is 0 Å². The molecule has 0 bridgehead atoms. The first-order valence-corrected chi connectivity index (χ1v) is 5.20. The topological polar surface area (TPSA) is 18.5 Å². The average Bonchev–Trinajstić information content (AvgIpc) is 2.04. The van der Waals surface area contributed by atoms with Gasteiger partial charge in [0.25, 0.3) is 0 Å². The van der Waals surface area contributed by atoms with Gasteiger partial charge in [0.05, 0.1) is 0 Å². The van der Waals surface area contributed by atoms with Crippen molar-refractivity contribution in [1.29, 1.82) is 0 Å². The number of hydrogen-bond donors (Lipinski definition) is 0. The van der Waals surface area contributed by atoms with Gasteiger partial charge >= 0.3 is 0 Å². The van der Waals surface area contributed by atoms with Crippen molar-refractivity contribution in [3.8, 4) is 0 Å². The van der Waals surface area contributed by atoms with Gasteiger partial charge in [-0.25, -0.2) is 9.78 Å². The van der Waals surface area contributed by atoms with Crippen molar-refractivity contribution in [3.05, 3.63) is 0 Å². The van der Waals surface area contributed by atoms with Crippen molar-refractivity contribution in [1.82, 2.24) is 0 Å². The van der Waals surface area contributed by atoms with Crippen LogP contribution < -0.4 is 0 Å². The van der Waals surface area contributed by atoms with Crippen LogP contribution in [0.3, 0.4) is 0 Å². The SMILES string of the molecule is CCCC[C@@H]1OO[C@H]1CCCC. The van der Waals surface area contributed by atoms with E-state index in [4.69, 9.17) is 9.78 Å². The molecule has 1 heterocycles. The Labute approximate surface area is 75.2 Å². The van der Waals surface area contributed by atoms with Gasteiger partial charge in [-0.3, -0.25) is 0 Å². The molecule has 72 valence electrons. The highest BCUT2D eigenvalue weighted by Gasteiger charge is 2.33. The van der Waals surface area contributed by atoms with Crippen LogP contribution >= 0.6 is 0 Å². The summed E-state index contributed by atoms with van der Waals surface area (Å²) in [5.74, 6) is 0. The van der Waals surface area contributed by atoms with E-state index < -0.39 is 0 Å². The Morgan fingerprint density at radius 3 is 1.50 bits per heavy atom. The first kappa shape index (κ1) is 10.0. The van der Waals surface area contributed by atoms with E-state index in [0.29, 0.717) is 12.2 Å². The molecule has 2 nitrogen and oxygen atoms in total. The quantitative estimate of drug-likeness (QED) is 0.573. The molecule has 0 saturated carbocycles. The van der Waals surface area contributed by atoms with Gasteiger partial charge in [0.1, 0.15) is 12.2 Å². The standard InChI is InChI=1S/C10H20O2/c1-3-5-7-9-10(12-11-9)8-6-4-2/h9-10H,3-8H2,1-2H3/t9-,10-/m0/s1. The molecule has 1 aliphatic heterocycles. The van der Waals surface area contributed by atoms with Crippen LogP contribution in [-0.4, -0.2) is 12.2 Å². The molecule has 1 saturated heterocycles. The van der Waals surface area contributed by atoms with Crippen LogP contribution in [0, 0.1) is 0 Å². The Morgan fingerprint density at radius 2 is 1.25 bits per heavy atom. The summed E-state index contributed by atoms with van der Waals surface area (Å²) in [5.41, 5.74) is 0. The third-order valence-electron chi connectivity index (χ3n) is 2.40. The first-order chi connectivity index (χ1) is 5.88. The van der Waals surface area contributed by atoms with Crippen molar-refractivity contribution < 1.29 is 9.78 Å². The maximum absolute atomic E-state index is 5.04. The van der Waals surface area contributed by atoms with Crippen molar-refractivity contribution in [3.63, 3.8) is 0 Å². The number of unbranched alkanes of at least 4 members (excludes halogenated alkanes) is 2. The highest BCUT2D eigenvalue weighted by atomic mass is 17.2. The lowest BCUT2D eigenvalue weighted by Crippen LogP contribution is -2.42. The van der Waals surface area contributed by atoms with Gasteiger partial charge < -0.3 is 0 Å². The largest absolute Gasteiger partial charge is 0.230 e. The maximum atomic E-state index is 5.04. The first-order valence-electron chi connectivity index (χ1n) is 5.20. The van der Waals surface area contributed by atoms with E-state index in [2.05, 4.69) is 13.8 Å². The van der Waals surface area contributed by atoms with Crippen LogP contribution in [0.1, 0.15) is 52.4 Å². The van der Waals surface area contributed by atoms with Crippen LogP contribution in [0.25, 0.3) is 0 Å². The Balaban J connectivity index is 2.03. The molecule has 2 heteroatoms. The minimum Gasteiger partial charge on any atom is -0.230 e. The van der Waals surface area contributed by atoms with E-state index in [9.17, 15) is 0 Å². The Morgan fingerprint density at radius 1 is 0.833 bits per heavy atom. The van der Waals surface area contributed by atoms with E-state index in [1.807, 2.05) is 0 Å². The summed E-state index contributed by atoms with van der Waals surface area (Å²) in [7, 11) is 0. The molecular weight excluding hydrogens is 152 g/mol. The molecule has 0 aromatic heterocycles. The molecule has 0 radical (unpaired) electrons. The van der Waals surface area contributed by atoms with Crippen molar-refractivity contribution in [2.45, 2.75) is 64.6 Å². The van der Waals surface area contributed by atoms with E-state index in [1.165, 1.54) is 38.5 Å². The third kappa shape index (κ3) is 2.76. The van der Waals surface area contributed by atoms with Crippen LogP contribution in [0.2, 0.25) is 0 Å². The number of hydrogen-bond acceptors (Lipinski definition) is 2. The lowest BCUT2D eigenvalue weighted by Gasteiger charge is -2.34. The zero-order chi connectivity index (χ0) is 8.81. The van der Waals surface area contributed by atoms with Gasteiger partial charge in [0, 0.05) is 0 Å². The molecule has 1 fully saturated rings. The molecular formula is C10H20O2. The van der Waals surface area contributed by atoms with Gasteiger partial charge in [0.2, 0.25) is 0 Å².